The number of aryl methyl sites for hydroxylation is 2. The van der Waals surface area contributed by atoms with Gasteiger partial charge in [-0.05, 0) is 37.1 Å². The summed E-state index contributed by atoms with van der Waals surface area (Å²) in [5, 5.41) is 14.5. The molecule has 0 radical (unpaired) electrons. The molecule has 0 heterocycles. The van der Waals surface area contributed by atoms with Crippen molar-refractivity contribution in [3.63, 3.8) is 0 Å². The van der Waals surface area contributed by atoms with E-state index in [4.69, 9.17) is 10.9 Å². The van der Waals surface area contributed by atoms with E-state index in [2.05, 4.69) is 10.5 Å². The number of benzene rings is 2. The van der Waals surface area contributed by atoms with Crippen LogP contribution in [0.4, 0.5) is 5.69 Å². The second kappa shape index (κ2) is 6.09. The SMILES string of the molecule is Cc1ccc(C(N)=NO)cc1NC(=O)c1ccccc1C. The van der Waals surface area contributed by atoms with Gasteiger partial charge in [-0.1, -0.05) is 35.5 Å². The van der Waals surface area contributed by atoms with E-state index in [1.165, 1.54) is 0 Å². The Hall–Kier alpha value is -2.82. The molecule has 1 amide bonds. The highest BCUT2D eigenvalue weighted by molar-refractivity contribution is 6.06. The van der Waals surface area contributed by atoms with Crippen LogP contribution in [-0.2, 0) is 0 Å². The number of hydrogen-bond acceptors (Lipinski definition) is 3. The summed E-state index contributed by atoms with van der Waals surface area (Å²) in [6.07, 6.45) is 0. The van der Waals surface area contributed by atoms with Gasteiger partial charge in [-0.15, -0.1) is 0 Å². The minimum absolute atomic E-state index is 0.00129. The van der Waals surface area contributed by atoms with Crippen LogP contribution in [0.3, 0.4) is 0 Å². The smallest absolute Gasteiger partial charge is 0.255 e. The number of anilines is 1. The molecule has 21 heavy (non-hydrogen) atoms. The predicted octanol–water partition coefficient (Wildman–Crippen LogP) is 2.65. The van der Waals surface area contributed by atoms with Gasteiger partial charge in [0.15, 0.2) is 5.84 Å². The van der Waals surface area contributed by atoms with Crippen molar-refractivity contribution in [3.05, 3.63) is 64.7 Å². The van der Waals surface area contributed by atoms with Gasteiger partial charge in [0.2, 0.25) is 0 Å². The van der Waals surface area contributed by atoms with Gasteiger partial charge in [0.25, 0.3) is 5.91 Å². The second-order valence-electron chi connectivity index (χ2n) is 4.78. The maximum Gasteiger partial charge on any atom is 0.255 e. The highest BCUT2D eigenvalue weighted by Crippen LogP contribution is 2.18. The van der Waals surface area contributed by atoms with E-state index in [0.29, 0.717) is 16.8 Å². The summed E-state index contributed by atoms with van der Waals surface area (Å²) in [6, 6.07) is 12.6. The van der Waals surface area contributed by atoms with Crippen molar-refractivity contribution in [1.82, 2.24) is 0 Å². The third kappa shape index (κ3) is 3.20. The fourth-order valence-electron chi connectivity index (χ4n) is 1.99. The molecular weight excluding hydrogens is 266 g/mol. The van der Waals surface area contributed by atoms with Gasteiger partial charge in [-0.2, -0.15) is 0 Å². The van der Waals surface area contributed by atoms with E-state index in [1.54, 1.807) is 24.3 Å². The van der Waals surface area contributed by atoms with E-state index >= 15 is 0 Å². The molecule has 0 saturated carbocycles. The Morgan fingerprint density at radius 2 is 1.86 bits per heavy atom. The fraction of sp³-hybridized carbons (Fsp3) is 0.125. The maximum absolute atomic E-state index is 12.3. The van der Waals surface area contributed by atoms with Crippen molar-refractivity contribution in [2.45, 2.75) is 13.8 Å². The lowest BCUT2D eigenvalue weighted by Gasteiger charge is -2.11. The monoisotopic (exact) mass is 283 g/mol. The lowest BCUT2D eigenvalue weighted by Crippen LogP contribution is -2.16. The summed E-state index contributed by atoms with van der Waals surface area (Å²) in [4.78, 5) is 12.3. The summed E-state index contributed by atoms with van der Waals surface area (Å²) < 4.78 is 0. The molecule has 0 aliphatic rings. The van der Waals surface area contributed by atoms with Gasteiger partial charge >= 0.3 is 0 Å². The fourth-order valence-corrected chi connectivity index (χ4v) is 1.99. The first-order valence-corrected chi connectivity index (χ1v) is 6.48. The van der Waals surface area contributed by atoms with E-state index in [9.17, 15) is 4.79 Å². The number of amidine groups is 1. The summed E-state index contributed by atoms with van der Waals surface area (Å²) in [5.41, 5.74) is 9.16. The van der Waals surface area contributed by atoms with Crippen molar-refractivity contribution < 1.29 is 10.0 Å². The van der Waals surface area contributed by atoms with Gasteiger partial charge in [-0.25, -0.2) is 0 Å². The van der Waals surface area contributed by atoms with Gasteiger partial charge in [0.05, 0.1) is 0 Å². The topological polar surface area (TPSA) is 87.7 Å². The van der Waals surface area contributed by atoms with Crippen molar-refractivity contribution >= 4 is 17.4 Å². The predicted molar refractivity (Wildman–Crippen MR) is 82.8 cm³/mol. The van der Waals surface area contributed by atoms with Crippen LogP contribution in [-0.4, -0.2) is 17.0 Å². The van der Waals surface area contributed by atoms with Gasteiger partial charge in [-0.3, -0.25) is 4.79 Å². The average molecular weight is 283 g/mol. The molecule has 0 unspecified atom stereocenters. The molecule has 2 rings (SSSR count). The lowest BCUT2D eigenvalue weighted by atomic mass is 10.1. The first-order chi connectivity index (χ1) is 10.0. The number of carbonyl (C=O) groups is 1. The molecule has 0 bridgehead atoms. The van der Waals surface area contributed by atoms with Crippen LogP contribution in [0.25, 0.3) is 0 Å². The molecule has 2 aromatic rings. The number of carbonyl (C=O) groups excluding carboxylic acids is 1. The van der Waals surface area contributed by atoms with E-state index in [1.807, 2.05) is 32.0 Å². The zero-order valence-corrected chi connectivity index (χ0v) is 11.9. The summed E-state index contributed by atoms with van der Waals surface area (Å²) >= 11 is 0. The van der Waals surface area contributed by atoms with Crippen LogP contribution in [0.15, 0.2) is 47.6 Å². The summed E-state index contributed by atoms with van der Waals surface area (Å²) in [7, 11) is 0. The molecule has 108 valence electrons. The number of nitrogens with two attached hydrogens (primary N) is 1. The second-order valence-corrected chi connectivity index (χ2v) is 4.78. The lowest BCUT2D eigenvalue weighted by molar-refractivity contribution is 0.102. The highest BCUT2D eigenvalue weighted by atomic mass is 16.4. The minimum Gasteiger partial charge on any atom is -0.409 e. The number of nitrogens with zero attached hydrogens (tertiary/aromatic N) is 1. The van der Waals surface area contributed by atoms with Crippen LogP contribution in [0.2, 0.25) is 0 Å². The largest absolute Gasteiger partial charge is 0.409 e. The Morgan fingerprint density at radius 3 is 2.52 bits per heavy atom. The zero-order chi connectivity index (χ0) is 15.4. The molecule has 2 aromatic carbocycles. The van der Waals surface area contributed by atoms with E-state index in [0.717, 1.165) is 11.1 Å². The Morgan fingerprint density at radius 1 is 1.14 bits per heavy atom. The molecule has 4 N–H and O–H groups in total. The van der Waals surface area contributed by atoms with Crippen LogP contribution in [0.5, 0.6) is 0 Å². The molecule has 0 aromatic heterocycles. The summed E-state index contributed by atoms with van der Waals surface area (Å²) in [6.45, 7) is 3.76. The van der Waals surface area contributed by atoms with Gasteiger partial charge in [0, 0.05) is 16.8 Å². The quantitative estimate of drug-likeness (QED) is 0.350. The van der Waals surface area contributed by atoms with Crippen molar-refractivity contribution in [2.24, 2.45) is 10.9 Å². The van der Waals surface area contributed by atoms with Crippen molar-refractivity contribution in [3.8, 4) is 0 Å². The normalized spacial score (nSPS) is 11.2. The number of amides is 1. The standard InChI is InChI=1S/C16H17N3O2/c1-10-5-3-4-6-13(10)16(20)18-14-9-12(15(17)19-21)8-7-11(14)2/h3-9,21H,1-2H3,(H2,17,19)(H,18,20). The zero-order valence-electron chi connectivity index (χ0n) is 11.9. The van der Waals surface area contributed by atoms with Gasteiger partial charge in [0.1, 0.15) is 0 Å². The van der Waals surface area contributed by atoms with Crippen molar-refractivity contribution in [2.75, 3.05) is 5.32 Å². The molecule has 0 aliphatic carbocycles. The Bertz CT molecular complexity index is 708. The number of oxime groups is 1. The number of hydrogen-bond donors (Lipinski definition) is 3. The Kier molecular flexibility index (Phi) is 4.23. The van der Waals surface area contributed by atoms with Crippen LogP contribution in [0.1, 0.15) is 27.0 Å². The average Bonchev–Trinajstić information content (AvgIpc) is 2.49. The van der Waals surface area contributed by atoms with Crippen molar-refractivity contribution in [1.29, 1.82) is 0 Å². The van der Waals surface area contributed by atoms with Crippen LogP contribution in [0, 0.1) is 13.8 Å². The molecule has 5 nitrogen and oxygen atoms in total. The first kappa shape index (κ1) is 14.6. The molecule has 5 heteroatoms. The molecule has 0 aliphatic heterocycles. The Labute approximate surface area is 123 Å². The molecule has 0 fully saturated rings. The number of nitrogens with one attached hydrogen (secondary N) is 1. The molecular formula is C16H17N3O2. The third-order valence-corrected chi connectivity index (χ3v) is 3.28. The highest BCUT2D eigenvalue weighted by Gasteiger charge is 2.11. The Balaban J connectivity index is 2.31. The van der Waals surface area contributed by atoms with Gasteiger partial charge < -0.3 is 16.3 Å². The summed E-state index contributed by atoms with van der Waals surface area (Å²) in [5.74, 6) is -0.186. The number of rotatable bonds is 3. The first-order valence-electron chi connectivity index (χ1n) is 6.48. The molecule has 0 saturated heterocycles. The maximum atomic E-state index is 12.3. The third-order valence-electron chi connectivity index (χ3n) is 3.28. The molecule has 0 atom stereocenters. The minimum atomic E-state index is -0.187. The molecule has 0 spiro atoms. The van der Waals surface area contributed by atoms with E-state index < -0.39 is 0 Å². The van der Waals surface area contributed by atoms with E-state index in [-0.39, 0.29) is 11.7 Å². The van der Waals surface area contributed by atoms with Crippen LogP contribution < -0.4 is 11.1 Å². The van der Waals surface area contributed by atoms with Crippen LogP contribution >= 0.6 is 0 Å².